The monoisotopic (exact) mass is 446 g/mol. The summed E-state index contributed by atoms with van der Waals surface area (Å²) in [7, 11) is 3.39. The largest absolute Gasteiger partial charge is 0.497 e. The molecule has 1 unspecified atom stereocenters. The molecule has 0 saturated carbocycles. The van der Waals surface area contributed by atoms with Crippen LogP contribution in [0.4, 0.5) is 0 Å². The quantitative estimate of drug-likeness (QED) is 0.436. The third kappa shape index (κ3) is 6.50. The van der Waals surface area contributed by atoms with Crippen molar-refractivity contribution in [1.82, 2.24) is 9.80 Å². The molecule has 1 fully saturated rings. The van der Waals surface area contributed by atoms with Crippen LogP contribution in [0.2, 0.25) is 0 Å². The van der Waals surface area contributed by atoms with Gasteiger partial charge in [-0.25, -0.2) is 0 Å². The highest BCUT2D eigenvalue weighted by atomic mass is 16.5. The highest BCUT2D eigenvalue weighted by Gasteiger charge is 2.23. The minimum absolute atomic E-state index is 0.125. The number of piperazine rings is 1. The van der Waals surface area contributed by atoms with Gasteiger partial charge in [-0.1, -0.05) is 48.5 Å². The van der Waals surface area contributed by atoms with Gasteiger partial charge in [0.1, 0.15) is 23.4 Å². The molecule has 0 N–H and O–H groups in total. The summed E-state index contributed by atoms with van der Waals surface area (Å²) in [6.45, 7) is 6.30. The van der Waals surface area contributed by atoms with Gasteiger partial charge in [0, 0.05) is 51.3 Å². The lowest BCUT2D eigenvalue weighted by atomic mass is 10.0. The van der Waals surface area contributed by atoms with Gasteiger partial charge in [-0.15, -0.1) is 0 Å². The van der Waals surface area contributed by atoms with E-state index in [1.165, 1.54) is 5.56 Å². The first-order chi connectivity index (χ1) is 16.2. The molecule has 4 rings (SSSR count). The normalized spacial score (nSPS) is 15.7. The maximum Gasteiger partial charge on any atom is 0.129 e. The highest BCUT2D eigenvalue weighted by Crippen LogP contribution is 2.34. The average Bonchev–Trinajstić information content (AvgIpc) is 2.88. The lowest BCUT2D eigenvalue weighted by molar-refractivity contribution is 0.106. The standard InChI is InChI=1S/C28H34N2O3/c1-31-25-13-14-27(32-2)26(21-25)28(33-24-11-7-4-8-12-24)15-16-29-17-19-30(20-18-29)22-23-9-5-3-6-10-23/h3-14,21,28H,15-20,22H2,1-2H3. The number of hydrogen-bond donors (Lipinski definition) is 0. The number of hydrogen-bond acceptors (Lipinski definition) is 5. The Bertz CT molecular complexity index is 973. The number of para-hydroxylation sites is 1. The van der Waals surface area contributed by atoms with Crippen molar-refractivity contribution in [3.63, 3.8) is 0 Å². The van der Waals surface area contributed by atoms with E-state index in [-0.39, 0.29) is 6.10 Å². The Hall–Kier alpha value is -3.02. The van der Waals surface area contributed by atoms with Gasteiger partial charge in [-0.05, 0) is 35.9 Å². The SMILES string of the molecule is COc1ccc(OC)c(C(CCN2CCN(Cc3ccccc3)CC2)Oc2ccccc2)c1. The van der Waals surface area contributed by atoms with Crippen LogP contribution in [-0.2, 0) is 6.54 Å². The minimum Gasteiger partial charge on any atom is -0.497 e. The van der Waals surface area contributed by atoms with Gasteiger partial charge >= 0.3 is 0 Å². The van der Waals surface area contributed by atoms with E-state index in [4.69, 9.17) is 14.2 Å². The van der Waals surface area contributed by atoms with Gasteiger partial charge in [0.05, 0.1) is 14.2 Å². The lowest BCUT2D eigenvalue weighted by Gasteiger charge is -2.35. The van der Waals surface area contributed by atoms with Gasteiger partial charge in [0.25, 0.3) is 0 Å². The summed E-state index contributed by atoms with van der Waals surface area (Å²) in [5.41, 5.74) is 2.40. The molecule has 1 aliphatic heterocycles. The van der Waals surface area contributed by atoms with Gasteiger partial charge in [0.2, 0.25) is 0 Å². The van der Waals surface area contributed by atoms with E-state index in [1.54, 1.807) is 14.2 Å². The zero-order valence-corrected chi connectivity index (χ0v) is 19.7. The van der Waals surface area contributed by atoms with Crippen LogP contribution in [-0.4, -0.2) is 56.7 Å². The Morgan fingerprint density at radius 2 is 1.39 bits per heavy atom. The summed E-state index contributed by atoms with van der Waals surface area (Å²) in [6, 6.07) is 26.6. The fourth-order valence-corrected chi connectivity index (χ4v) is 4.34. The van der Waals surface area contributed by atoms with Gasteiger partial charge < -0.3 is 19.1 Å². The molecule has 3 aromatic rings. The molecule has 0 spiro atoms. The van der Waals surface area contributed by atoms with Gasteiger partial charge in [0.15, 0.2) is 0 Å². The molecule has 0 radical (unpaired) electrons. The van der Waals surface area contributed by atoms with Crippen LogP contribution in [0.3, 0.4) is 0 Å². The summed E-state index contributed by atoms with van der Waals surface area (Å²) in [5.74, 6) is 2.49. The molecular weight excluding hydrogens is 412 g/mol. The Morgan fingerprint density at radius 1 is 0.727 bits per heavy atom. The van der Waals surface area contributed by atoms with Crippen molar-refractivity contribution in [2.45, 2.75) is 19.1 Å². The third-order valence-corrected chi connectivity index (χ3v) is 6.23. The zero-order chi connectivity index (χ0) is 22.9. The molecule has 0 aliphatic carbocycles. The molecule has 5 nitrogen and oxygen atoms in total. The number of ether oxygens (including phenoxy) is 3. The fraction of sp³-hybridized carbons (Fsp3) is 0.357. The van der Waals surface area contributed by atoms with Crippen molar-refractivity contribution in [3.05, 3.63) is 90.0 Å². The lowest BCUT2D eigenvalue weighted by Crippen LogP contribution is -2.46. The smallest absolute Gasteiger partial charge is 0.129 e. The molecule has 0 amide bonds. The van der Waals surface area contributed by atoms with Gasteiger partial charge in [-0.2, -0.15) is 0 Å². The average molecular weight is 447 g/mol. The Morgan fingerprint density at radius 3 is 2.06 bits per heavy atom. The second-order valence-corrected chi connectivity index (χ2v) is 8.42. The fourth-order valence-electron chi connectivity index (χ4n) is 4.34. The van der Waals surface area contributed by atoms with E-state index in [9.17, 15) is 0 Å². The number of benzene rings is 3. The summed E-state index contributed by atoms with van der Waals surface area (Å²) < 4.78 is 17.6. The molecule has 1 aliphatic rings. The van der Waals surface area contributed by atoms with Crippen LogP contribution in [0.25, 0.3) is 0 Å². The first-order valence-electron chi connectivity index (χ1n) is 11.7. The van der Waals surface area contributed by atoms with Crippen molar-refractivity contribution < 1.29 is 14.2 Å². The van der Waals surface area contributed by atoms with Crippen molar-refractivity contribution in [1.29, 1.82) is 0 Å². The summed E-state index contributed by atoms with van der Waals surface area (Å²) in [6.07, 6.45) is 0.747. The Labute approximate surface area is 197 Å². The predicted octanol–water partition coefficient (Wildman–Crippen LogP) is 5.03. The first-order valence-corrected chi connectivity index (χ1v) is 11.7. The number of nitrogens with zero attached hydrogens (tertiary/aromatic N) is 2. The molecule has 1 heterocycles. The van der Waals surface area contributed by atoms with Crippen LogP contribution in [0.15, 0.2) is 78.9 Å². The molecule has 174 valence electrons. The van der Waals surface area contributed by atoms with Crippen molar-refractivity contribution in [2.75, 3.05) is 46.9 Å². The molecule has 1 atom stereocenters. The molecule has 0 aromatic heterocycles. The van der Waals surface area contributed by atoms with Crippen molar-refractivity contribution in [3.8, 4) is 17.2 Å². The molecule has 3 aromatic carbocycles. The summed E-state index contributed by atoms with van der Waals surface area (Å²) in [5, 5.41) is 0. The minimum atomic E-state index is -0.125. The van der Waals surface area contributed by atoms with E-state index in [0.29, 0.717) is 0 Å². The van der Waals surface area contributed by atoms with Crippen molar-refractivity contribution >= 4 is 0 Å². The molecule has 0 bridgehead atoms. The number of methoxy groups -OCH3 is 2. The van der Waals surface area contributed by atoms with Crippen LogP contribution < -0.4 is 14.2 Å². The maximum absolute atomic E-state index is 6.46. The van der Waals surface area contributed by atoms with Crippen LogP contribution in [0.1, 0.15) is 23.7 Å². The third-order valence-electron chi connectivity index (χ3n) is 6.23. The number of rotatable bonds is 10. The summed E-state index contributed by atoms with van der Waals surface area (Å²) >= 11 is 0. The van der Waals surface area contributed by atoms with Crippen LogP contribution >= 0.6 is 0 Å². The van der Waals surface area contributed by atoms with E-state index in [2.05, 4.69) is 40.1 Å². The topological polar surface area (TPSA) is 34.2 Å². The van der Waals surface area contributed by atoms with Gasteiger partial charge in [-0.3, -0.25) is 4.90 Å². The zero-order valence-electron chi connectivity index (χ0n) is 19.7. The molecule has 33 heavy (non-hydrogen) atoms. The van der Waals surface area contributed by atoms with Crippen LogP contribution in [0, 0.1) is 0 Å². The van der Waals surface area contributed by atoms with E-state index in [0.717, 1.165) is 68.5 Å². The Balaban J connectivity index is 1.40. The maximum atomic E-state index is 6.46. The second-order valence-electron chi connectivity index (χ2n) is 8.42. The molecular formula is C28H34N2O3. The first kappa shape index (κ1) is 23.1. The van der Waals surface area contributed by atoms with E-state index in [1.807, 2.05) is 48.5 Å². The second kappa shape index (κ2) is 11.7. The van der Waals surface area contributed by atoms with E-state index >= 15 is 0 Å². The Kier molecular flexibility index (Phi) is 8.23. The summed E-state index contributed by atoms with van der Waals surface area (Å²) in [4.78, 5) is 5.07. The van der Waals surface area contributed by atoms with Crippen molar-refractivity contribution in [2.24, 2.45) is 0 Å². The molecule has 5 heteroatoms. The highest BCUT2D eigenvalue weighted by molar-refractivity contribution is 5.42. The predicted molar refractivity (Wildman–Crippen MR) is 132 cm³/mol. The van der Waals surface area contributed by atoms with Crippen LogP contribution in [0.5, 0.6) is 17.2 Å². The molecule has 1 saturated heterocycles. The van der Waals surface area contributed by atoms with E-state index < -0.39 is 0 Å².